The second-order valence-electron chi connectivity index (χ2n) is 5.81. The number of fused-ring (bicyclic) bond motifs is 2. The van der Waals surface area contributed by atoms with Crippen molar-refractivity contribution in [2.24, 2.45) is 4.99 Å². The first-order valence-corrected chi connectivity index (χ1v) is 8.84. The number of thiol groups is 1. The predicted octanol–water partition coefficient (Wildman–Crippen LogP) is 2.37. The van der Waals surface area contributed by atoms with Crippen molar-refractivity contribution in [1.82, 2.24) is 0 Å². The smallest absolute Gasteiger partial charge is 0.144 e. The van der Waals surface area contributed by atoms with E-state index >= 15 is 0 Å². The summed E-state index contributed by atoms with van der Waals surface area (Å²) in [6, 6.07) is 13.2. The zero-order valence-corrected chi connectivity index (χ0v) is 14.1. The summed E-state index contributed by atoms with van der Waals surface area (Å²) in [7, 11) is 7.97. The molecule has 110 valence electrons. The SMILES string of the molecule is CN(C)c1ccc2c(c1)[SH+](C)=c1cc(N(C)C)ccc1=N2. The van der Waals surface area contributed by atoms with Crippen molar-refractivity contribution in [2.45, 2.75) is 4.90 Å². The lowest BCUT2D eigenvalue weighted by atomic mass is 10.2. The Morgan fingerprint density at radius 1 is 0.857 bits per heavy atom. The van der Waals surface area contributed by atoms with Gasteiger partial charge >= 0.3 is 0 Å². The van der Waals surface area contributed by atoms with Gasteiger partial charge in [-0.05, 0) is 24.3 Å². The van der Waals surface area contributed by atoms with Crippen LogP contribution < -0.4 is 15.2 Å². The Morgan fingerprint density at radius 3 is 2.14 bits per heavy atom. The van der Waals surface area contributed by atoms with E-state index in [0.29, 0.717) is 0 Å². The minimum Gasteiger partial charge on any atom is -0.378 e. The molecular weight excluding hydrogens is 278 g/mol. The van der Waals surface area contributed by atoms with E-state index in [1.165, 1.54) is 20.8 Å². The van der Waals surface area contributed by atoms with E-state index < -0.39 is 0 Å². The van der Waals surface area contributed by atoms with E-state index in [1.807, 2.05) is 0 Å². The minimum absolute atomic E-state index is 0.352. The molecule has 1 aliphatic heterocycles. The van der Waals surface area contributed by atoms with E-state index in [0.717, 1.165) is 11.0 Å². The fourth-order valence-corrected chi connectivity index (χ4v) is 4.41. The molecule has 1 atom stereocenters. The number of nitrogens with zero attached hydrogens (tertiary/aromatic N) is 3. The molecule has 2 aromatic carbocycles. The van der Waals surface area contributed by atoms with Gasteiger partial charge < -0.3 is 9.80 Å². The van der Waals surface area contributed by atoms with Gasteiger partial charge in [0.2, 0.25) is 0 Å². The van der Waals surface area contributed by atoms with Gasteiger partial charge in [0.1, 0.15) is 20.5 Å². The lowest BCUT2D eigenvalue weighted by Crippen LogP contribution is -2.16. The first-order valence-electron chi connectivity index (χ1n) is 7.05. The topological polar surface area (TPSA) is 18.8 Å². The van der Waals surface area contributed by atoms with Gasteiger partial charge in [0.25, 0.3) is 0 Å². The minimum atomic E-state index is -0.352. The van der Waals surface area contributed by atoms with Crippen LogP contribution in [0, 0.1) is 4.51 Å². The molecular formula is C17H22N3S+. The molecule has 0 saturated carbocycles. The first-order chi connectivity index (χ1) is 9.97. The quantitative estimate of drug-likeness (QED) is 0.482. The van der Waals surface area contributed by atoms with Crippen LogP contribution in [-0.2, 0) is 10.5 Å². The average Bonchev–Trinajstić information content (AvgIpc) is 2.46. The van der Waals surface area contributed by atoms with Crippen molar-refractivity contribution in [3.63, 3.8) is 0 Å². The molecule has 3 rings (SSSR count). The Hall–Kier alpha value is -1.81. The number of benzene rings is 2. The summed E-state index contributed by atoms with van der Waals surface area (Å²) in [5, 5.41) is 1.12. The van der Waals surface area contributed by atoms with E-state index in [1.54, 1.807) is 0 Å². The Bertz CT molecular complexity index is 822. The molecule has 0 aromatic heterocycles. The summed E-state index contributed by atoms with van der Waals surface area (Å²) in [4.78, 5) is 10.5. The second kappa shape index (κ2) is 5.19. The number of hydrogen-bond donors (Lipinski definition) is 0. The van der Waals surface area contributed by atoms with Gasteiger partial charge in [0.15, 0.2) is 0 Å². The summed E-state index contributed by atoms with van der Waals surface area (Å²) in [5.41, 5.74) is 3.61. The molecule has 0 amide bonds. The third-order valence-corrected chi connectivity index (χ3v) is 6.08. The van der Waals surface area contributed by atoms with E-state index in [-0.39, 0.29) is 10.5 Å². The highest BCUT2D eigenvalue weighted by molar-refractivity contribution is 7.88. The second-order valence-corrected chi connectivity index (χ2v) is 7.89. The predicted molar refractivity (Wildman–Crippen MR) is 94.1 cm³/mol. The van der Waals surface area contributed by atoms with Crippen LogP contribution in [-0.4, -0.2) is 34.4 Å². The number of rotatable bonds is 2. The fraction of sp³-hybridized carbons (Fsp3) is 0.294. The molecule has 0 saturated heterocycles. The summed E-state index contributed by atoms with van der Waals surface area (Å²) in [6.45, 7) is 0. The molecule has 4 heteroatoms. The Balaban J connectivity index is 2.27. The van der Waals surface area contributed by atoms with E-state index in [2.05, 4.69) is 80.6 Å². The Labute approximate surface area is 128 Å². The largest absolute Gasteiger partial charge is 0.378 e. The highest BCUT2D eigenvalue weighted by atomic mass is 32.2. The lowest BCUT2D eigenvalue weighted by molar-refractivity contribution is 1.11. The third-order valence-electron chi connectivity index (χ3n) is 3.91. The van der Waals surface area contributed by atoms with Crippen molar-refractivity contribution in [2.75, 3.05) is 44.2 Å². The molecule has 1 heterocycles. The fourth-order valence-electron chi connectivity index (χ4n) is 2.57. The standard InChI is InChI=1S/C17H21N3S/c1-19(2)12-6-8-14-16(10-12)21(5)17-11-13(20(3)4)7-9-15(17)18-14/h6-11H,1-5H3/p+1. The van der Waals surface area contributed by atoms with Crippen LogP contribution >= 0.6 is 0 Å². The highest BCUT2D eigenvalue weighted by Gasteiger charge is 2.16. The molecule has 0 spiro atoms. The van der Waals surface area contributed by atoms with Crippen molar-refractivity contribution in [1.29, 1.82) is 0 Å². The molecule has 0 N–H and O–H groups in total. The normalized spacial score (nSPS) is 15.8. The van der Waals surface area contributed by atoms with Crippen LogP contribution in [0.25, 0.3) is 0 Å². The van der Waals surface area contributed by atoms with Crippen LogP contribution in [0.5, 0.6) is 0 Å². The summed E-state index contributed by atoms with van der Waals surface area (Å²) >= 11 is 0. The molecule has 1 aliphatic rings. The van der Waals surface area contributed by atoms with Crippen LogP contribution in [0.3, 0.4) is 0 Å². The van der Waals surface area contributed by atoms with Crippen LogP contribution in [0.1, 0.15) is 0 Å². The van der Waals surface area contributed by atoms with Crippen LogP contribution in [0.4, 0.5) is 17.1 Å². The molecule has 0 fully saturated rings. The molecule has 3 nitrogen and oxygen atoms in total. The lowest BCUT2D eigenvalue weighted by Gasteiger charge is -2.16. The monoisotopic (exact) mass is 300 g/mol. The zero-order valence-electron chi connectivity index (χ0n) is 13.3. The summed E-state index contributed by atoms with van der Waals surface area (Å²) in [5.74, 6) is 0. The van der Waals surface area contributed by atoms with Gasteiger partial charge in [-0.3, -0.25) is 0 Å². The molecule has 1 unspecified atom stereocenters. The van der Waals surface area contributed by atoms with Gasteiger partial charge in [-0.1, -0.05) is 10.5 Å². The van der Waals surface area contributed by atoms with Crippen LogP contribution in [0.15, 0.2) is 46.3 Å². The van der Waals surface area contributed by atoms with Crippen LogP contribution in [0.2, 0.25) is 0 Å². The van der Waals surface area contributed by atoms with Gasteiger partial charge in [0, 0.05) is 51.7 Å². The molecule has 0 radical (unpaired) electrons. The highest BCUT2D eigenvalue weighted by Crippen LogP contribution is 2.30. The molecule has 2 aromatic rings. The number of anilines is 2. The summed E-state index contributed by atoms with van der Waals surface area (Å²) in [6.07, 6.45) is 2.33. The van der Waals surface area contributed by atoms with E-state index in [9.17, 15) is 0 Å². The Kier molecular flexibility index (Phi) is 3.49. The van der Waals surface area contributed by atoms with Crippen molar-refractivity contribution in [3.8, 4) is 0 Å². The summed E-state index contributed by atoms with van der Waals surface area (Å²) < 4.78 is 1.37. The van der Waals surface area contributed by atoms with Crippen molar-refractivity contribution in [3.05, 3.63) is 46.3 Å². The van der Waals surface area contributed by atoms with Crippen molar-refractivity contribution >= 4 is 27.5 Å². The van der Waals surface area contributed by atoms with Crippen molar-refractivity contribution < 1.29 is 0 Å². The van der Waals surface area contributed by atoms with Gasteiger partial charge in [-0.25, -0.2) is 4.99 Å². The maximum Gasteiger partial charge on any atom is 0.144 e. The van der Waals surface area contributed by atoms with Gasteiger partial charge in [-0.15, -0.1) is 0 Å². The van der Waals surface area contributed by atoms with E-state index in [4.69, 9.17) is 4.99 Å². The molecule has 0 aliphatic carbocycles. The maximum atomic E-state index is 4.84. The van der Waals surface area contributed by atoms with Gasteiger partial charge in [-0.2, -0.15) is 0 Å². The maximum absolute atomic E-state index is 4.84. The first kappa shape index (κ1) is 14.1. The average molecular weight is 300 g/mol. The molecule has 21 heavy (non-hydrogen) atoms. The molecule has 0 bridgehead atoms. The van der Waals surface area contributed by atoms with Gasteiger partial charge in [0.05, 0.1) is 6.26 Å². The zero-order chi connectivity index (χ0) is 15.1. The Morgan fingerprint density at radius 2 is 1.48 bits per heavy atom. The third kappa shape index (κ3) is 2.44. The number of hydrogen-bond acceptors (Lipinski definition) is 3.